The van der Waals surface area contributed by atoms with Crippen LogP contribution in [0.25, 0.3) is 0 Å². The predicted molar refractivity (Wildman–Crippen MR) is 113 cm³/mol. The molecule has 154 valence electrons. The summed E-state index contributed by atoms with van der Waals surface area (Å²) in [5, 5.41) is 4.48. The zero-order valence-corrected chi connectivity index (χ0v) is 17.3. The quantitative estimate of drug-likeness (QED) is 0.656. The van der Waals surface area contributed by atoms with Crippen molar-refractivity contribution in [3.63, 3.8) is 0 Å². The van der Waals surface area contributed by atoms with Crippen molar-refractivity contribution in [3.05, 3.63) is 76.6 Å². The summed E-state index contributed by atoms with van der Waals surface area (Å²) in [6.45, 7) is 2.67. The Bertz CT molecular complexity index is 1100. The number of hydrogen-bond donors (Lipinski definition) is 0. The minimum atomic E-state index is -0.00569. The van der Waals surface area contributed by atoms with E-state index in [1.54, 1.807) is 6.07 Å². The Hall–Kier alpha value is -3.28. The molecule has 6 nitrogen and oxygen atoms in total. The molecule has 1 aromatic heterocycles. The maximum absolute atomic E-state index is 13.8. The van der Waals surface area contributed by atoms with Crippen molar-refractivity contribution in [1.29, 1.82) is 0 Å². The zero-order valence-electron chi connectivity index (χ0n) is 17.3. The molecule has 5 rings (SSSR count). The highest BCUT2D eigenvalue weighted by Crippen LogP contribution is 2.38. The molecule has 0 radical (unpaired) electrons. The lowest BCUT2D eigenvalue weighted by Crippen LogP contribution is -2.36. The number of amides is 1. The Kier molecular flexibility index (Phi) is 4.69. The van der Waals surface area contributed by atoms with Gasteiger partial charge < -0.3 is 14.4 Å². The molecule has 30 heavy (non-hydrogen) atoms. The van der Waals surface area contributed by atoms with E-state index in [0.29, 0.717) is 23.6 Å². The van der Waals surface area contributed by atoms with Gasteiger partial charge in [-0.15, -0.1) is 0 Å². The third-order valence-corrected chi connectivity index (χ3v) is 6.03. The van der Waals surface area contributed by atoms with E-state index in [0.717, 1.165) is 30.7 Å². The molecular formula is C24H25N3O3. The Balaban J connectivity index is 1.55. The molecule has 1 amide bonds. The molecule has 0 N–H and O–H groups in total. The van der Waals surface area contributed by atoms with E-state index in [4.69, 9.17) is 9.47 Å². The summed E-state index contributed by atoms with van der Waals surface area (Å²) in [6.07, 6.45) is 3.07. The van der Waals surface area contributed by atoms with Gasteiger partial charge in [-0.3, -0.25) is 9.48 Å². The summed E-state index contributed by atoms with van der Waals surface area (Å²) < 4.78 is 12.8. The molecule has 2 aromatic carbocycles. The minimum Gasteiger partial charge on any atom is -0.454 e. The van der Waals surface area contributed by atoms with Gasteiger partial charge in [-0.05, 0) is 61.6 Å². The lowest BCUT2D eigenvalue weighted by molar-refractivity contribution is 0.0632. The topological polar surface area (TPSA) is 56.6 Å². The molecule has 0 unspecified atom stereocenters. The van der Waals surface area contributed by atoms with Gasteiger partial charge in [0.15, 0.2) is 11.5 Å². The van der Waals surface area contributed by atoms with Gasteiger partial charge in [0.1, 0.15) is 0 Å². The van der Waals surface area contributed by atoms with E-state index in [-0.39, 0.29) is 18.7 Å². The van der Waals surface area contributed by atoms with Crippen molar-refractivity contribution in [2.75, 3.05) is 6.79 Å². The van der Waals surface area contributed by atoms with Crippen molar-refractivity contribution in [1.82, 2.24) is 14.7 Å². The molecule has 0 fully saturated rings. The molecule has 3 aromatic rings. The van der Waals surface area contributed by atoms with Crippen LogP contribution in [0, 0.1) is 6.92 Å². The van der Waals surface area contributed by atoms with Gasteiger partial charge in [-0.25, -0.2) is 0 Å². The first kappa shape index (κ1) is 18.7. The fourth-order valence-electron chi connectivity index (χ4n) is 4.56. The number of fused-ring (bicyclic) bond motifs is 2. The smallest absolute Gasteiger partial charge is 0.254 e. The Morgan fingerprint density at radius 1 is 1.17 bits per heavy atom. The SMILES string of the molecule is Cc1cc(CN(C(=O)c2ccc3c(c2)OCO3)[C@@H]2CCCc3ccccc32)n(C)n1. The summed E-state index contributed by atoms with van der Waals surface area (Å²) in [5.41, 5.74) is 5.16. The van der Waals surface area contributed by atoms with E-state index >= 15 is 0 Å². The highest BCUT2D eigenvalue weighted by atomic mass is 16.7. The number of rotatable bonds is 4. The first-order chi connectivity index (χ1) is 14.6. The second-order valence-electron chi connectivity index (χ2n) is 8.01. The highest BCUT2D eigenvalue weighted by molar-refractivity contribution is 5.95. The van der Waals surface area contributed by atoms with Gasteiger partial charge in [0.25, 0.3) is 5.91 Å². The molecule has 0 saturated carbocycles. The summed E-state index contributed by atoms with van der Waals surface area (Å²) in [6, 6.07) is 16.0. The lowest BCUT2D eigenvalue weighted by Gasteiger charge is -2.36. The van der Waals surface area contributed by atoms with E-state index in [9.17, 15) is 4.79 Å². The molecule has 2 aliphatic rings. The number of carbonyl (C=O) groups is 1. The average Bonchev–Trinajstić information content (AvgIpc) is 3.36. The zero-order chi connectivity index (χ0) is 20.7. The van der Waals surface area contributed by atoms with Crippen LogP contribution in [0.1, 0.15) is 51.8 Å². The van der Waals surface area contributed by atoms with Gasteiger partial charge in [-0.2, -0.15) is 5.10 Å². The van der Waals surface area contributed by atoms with Crippen molar-refractivity contribution in [2.45, 2.75) is 38.8 Å². The van der Waals surface area contributed by atoms with Crippen molar-refractivity contribution in [2.24, 2.45) is 7.05 Å². The third kappa shape index (κ3) is 3.32. The van der Waals surface area contributed by atoms with Crippen LogP contribution in [0.5, 0.6) is 11.5 Å². The monoisotopic (exact) mass is 403 g/mol. The van der Waals surface area contributed by atoms with Gasteiger partial charge in [0.05, 0.1) is 24.0 Å². The fraction of sp³-hybridized carbons (Fsp3) is 0.333. The van der Waals surface area contributed by atoms with Gasteiger partial charge in [-0.1, -0.05) is 24.3 Å². The second-order valence-corrected chi connectivity index (χ2v) is 8.01. The van der Waals surface area contributed by atoms with E-state index in [2.05, 4.69) is 35.4 Å². The molecule has 1 atom stereocenters. The third-order valence-electron chi connectivity index (χ3n) is 6.03. The molecule has 2 heterocycles. The van der Waals surface area contributed by atoms with Crippen molar-refractivity contribution >= 4 is 5.91 Å². The van der Waals surface area contributed by atoms with E-state index < -0.39 is 0 Å². The Morgan fingerprint density at radius 2 is 2.00 bits per heavy atom. The van der Waals surface area contributed by atoms with Gasteiger partial charge >= 0.3 is 0 Å². The normalized spacial score (nSPS) is 16.9. The number of aromatic nitrogens is 2. The number of benzene rings is 2. The maximum atomic E-state index is 13.8. The molecular weight excluding hydrogens is 378 g/mol. The minimum absolute atomic E-state index is 0.00569. The average molecular weight is 403 g/mol. The number of aryl methyl sites for hydroxylation is 3. The van der Waals surface area contributed by atoms with Crippen LogP contribution in [0.4, 0.5) is 0 Å². The van der Waals surface area contributed by atoms with Crippen molar-refractivity contribution in [3.8, 4) is 11.5 Å². The van der Waals surface area contributed by atoms with Crippen LogP contribution in [-0.2, 0) is 20.0 Å². The Labute approximate surface area is 176 Å². The number of hydrogen-bond acceptors (Lipinski definition) is 4. The maximum Gasteiger partial charge on any atom is 0.254 e. The van der Waals surface area contributed by atoms with Gasteiger partial charge in [0.2, 0.25) is 6.79 Å². The number of nitrogens with zero attached hydrogens (tertiary/aromatic N) is 3. The van der Waals surface area contributed by atoms with Crippen LogP contribution in [-0.4, -0.2) is 27.4 Å². The second kappa shape index (κ2) is 7.52. The molecule has 0 spiro atoms. The highest BCUT2D eigenvalue weighted by Gasteiger charge is 2.31. The van der Waals surface area contributed by atoms with Crippen LogP contribution in [0.15, 0.2) is 48.5 Å². The van der Waals surface area contributed by atoms with Crippen LogP contribution in [0.2, 0.25) is 0 Å². The van der Waals surface area contributed by atoms with Crippen LogP contribution in [0.3, 0.4) is 0 Å². The summed E-state index contributed by atoms with van der Waals surface area (Å²) in [4.78, 5) is 15.8. The largest absolute Gasteiger partial charge is 0.454 e. The summed E-state index contributed by atoms with van der Waals surface area (Å²) >= 11 is 0. The lowest BCUT2D eigenvalue weighted by atomic mass is 9.86. The van der Waals surface area contributed by atoms with Gasteiger partial charge in [0, 0.05) is 12.6 Å². The summed E-state index contributed by atoms with van der Waals surface area (Å²) in [5.74, 6) is 1.30. The first-order valence-electron chi connectivity index (χ1n) is 10.4. The number of carbonyl (C=O) groups excluding carboxylic acids is 1. The van der Waals surface area contributed by atoms with E-state index in [1.165, 1.54) is 11.1 Å². The first-order valence-corrected chi connectivity index (χ1v) is 10.4. The molecule has 0 bridgehead atoms. The number of ether oxygens (including phenoxy) is 2. The molecule has 6 heteroatoms. The van der Waals surface area contributed by atoms with Crippen molar-refractivity contribution < 1.29 is 14.3 Å². The van der Waals surface area contributed by atoms with Crippen LogP contribution >= 0.6 is 0 Å². The fourth-order valence-corrected chi connectivity index (χ4v) is 4.56. The predicted octanol–water partition coefficient (Wildman–Crippen LogP) is 4.18. The van der Waals surface area contributed by atoms with Crippen LogP contribution < -0.4 is 9.47 Å². The molecule has 0 saturated heterocycles. The summed E-state index contributed by atoms with van der Waals surface area (Å²) in [7, 11) is 1.93. The van der Waals surface area contributed by atoms with E-state index in [1.807, 2.05) is 35.7 Å². The Morgan fingerprint density at radius 3 is 2.83 bits per heavy atom. The molecule has 1 aliphatic heterocycles. The molecule has 1 aliphatic carbocycles. The standard InChI is InChI=1S/C24H25N3O3/c1-16-12-19(26(2)25-16)14-27(21-9-5-7-17-6-3-4-8-20(17)21)24(28)18-10-11-22-23(13-18)30-15-29-22/h3-4,6,8,10-13,21H,5,7,9,14-15H2,1-2H3/t21-/m1/s1.